The second-order valence-electron chi connectivity index (χ2n) is 4.10. The van der Waals surface area contributed by atoms with Crippen LogP contribution in [-0.4, -0.2) is 24.6 Å². The lowest BCUT2D eigenvalue weighted by atomic mass is 10.3. The van der Waals surface area contributed by atoms with Gasteiger partial charge in [-0.15, -0.1) is 0 Å². The van der Waals surface area contributed by atoms with Gasteiger partial charge in [0.15, 0.2) is 0 Å². The highest BCUT2D eigenvalue weighted by Gasteiger charge is 2.27. The number of hydrogen-bond acceptors (Lipinski definition) is 2. The topological polar surface area (TPSA) is 46.2 Å². The molecule has 1 rings (SSSR count). The van der Waals surface area contributed by atoms with Crippen molar-refractivity contribution in [1.29, 1.82) is 0 Å². The molecule has 0 bridgehead atoms. The van der Waals surface area contributed by atoms with Crippen molar-refractivity contribution in [3.05, 3.63) is 0 Å². The van der Waals surface area contributed by atoms with Crippen molar-refractivity contribution in [3.8, 4) is 0 Å². The van der Waals surface area contributed by atoms with Crippen molar-refractivity contribution in [2.45, 2.75) is 50.2 Å². The van der Waals surface area contributed by atoms with Gasteiger partial charge in [-0.2, -0.15) is 0 Å². The Morgan fingerprint density at radius 2 is 1.80 bits per heavy atom. The van der Waals surface area contributed by atoms with E-state index in [1.807, 2.05) is 0 Å². The molecule has 0 aromatic heterocycles. The summed E-state index contributed by atoms with van der Waals surface area (Å²) in [6.45, 7) is 0.621. The quantitative estimate of drug-likeness (QED) is 0.438. The van der Waals surface area contributed by atoms with Gasteiger partial charge in [0.25, 0.3) is 0 Å². The molecule has 1 aliphatic rings. The Bertz CT molecular complexity index is 261. The molecule has 1 N–H and O–H groups in total. The summed E-state index contributed by atoms with van der Waals surface area (Å²) in [5, 5.41) is -0.109. The summed E-state index contributed by atoms with van der Waals surface area (Å²) in [6.07, 6.45) is 7.11. The third-order valence-corrected chi connectivity index (χ3v) is 5.57. The Balaban J connectivity index is 2.18. The molecular weight excluding hydrogens is 325 g/mol. The second-order valence-corrected chi connectivity index (χ2v) is 7.22. The Kier molecular flexibility index (Phi) is 6.45. The van der Waals surface area contributed by atoms with Gasteiger partial charge < -0.3 is 0 Å². The first-order valence-electron chi connectivity index (χ1n) is 5.71. The minimum Gasteiger partial charge on any atom is -0.215 e. The predicted molar refractivity (Wildman–Crippen MR) is 71.9 cm³/mol. The van der Waals surface area contributed by atoms with Crippen LogP contribution < -0.4 is 4.72 Å². The maximum Gasteiger partial charge on any atom is 0.214 e. The average molecular weight is 345 g/mol. The van der Waals surface area contributed by atoms with Gasteiger partial charge in [-0.05, 0) is 30.1 Å². The molecule has 1 saturated carbocycles. The molecular formula is C10H20INO2S. The molecule has 0 aliphatic heterocycles. The molecule has 15 heavy (non-hydrogen) atoms. The smallest absolute Gasteiger partial charge is 0.214 e. The minimum atomic E-state index is -3.00. The fourth-order valence-corrected chi connectivity index (χ4v) is 4.09. The highest BCUT2D eigenvalue weighted by molar-refractivity contribution is 14.1. The lowest BCUT2D eigenvalue weighted by Gasteiger charge is -2.11. The van der Waals surface area contributed by atoms with Crippen LogP contribution in [0.25, 0.3) is 0 Å². The summed E-state index contributed by atoms with van der Waals surface area (Å²) in [6, 6.07) is 0. The molecule has 0 radical (unpaired) electrons. The van der Waals surface area contributed by atoms with E-state index in [2.05, 4.69) is 27.3 Å². The normalized spacial score (nSPS) is 18.5. The number of rotatable bonds is 7. The molecule has 0 aromatic carbocycles. The van der Waals surface area contributed by atoms with E-state index in [4.69, 9.17) is 0 Å². The molecule has 3 nitrogen and oxygen atoms in total. The number of unbranched alkanes of at least 4 members (excludes halogenated alkanes) is 2. The first kappa shape index (κ1) is 13.7. The number of hydrogen-bond donors (Lipinski definition) is 1. The highest BCUT2D eigenvalue weighted by Crippen LogP contribution is 2.23. The lowest BCUT2D eigenvalue weighted by Crippen LogP contribution is -2.33. The number of sulfonamides is 1. The van der Waals surface area contributed by atoms with E-state index in [-0.39, 0.29) is 5.25 Å². The summed E-state index contributed by atoms with van der Waals surface area (Å²) in [4.78, 5) is 0. The highest BCUT2D eigenvalue weighted by atomic mass is 127. The van der Waals surface area contributed by atoms with Gasteiger partial charge in [-0.1, -0.05) is 41.9 Å². The van der Waals surface area contributed by atoms with Crippen LogP contribution in [0.5, 0.6) is 0 Å². The maximum absolute atomic E-state index is 11.8. The van der Waals surface area contributed by atoms with Crippen LogP contribution in [0.15, 0.2) is 0 Å². The molecule has 0 spiro atoms. The third kappa shape index (κ3) is 4.99. The van der Waals surface area contributed by atoms with Gasteiger partial charge in [0.05, 0.1) is 5.25 Å². The van der Waals surface area contributed by atoms with Crippen molar-refractivity contribution in [3.63, 3.8) is 0 Å². The molecule has 0 aromatic rings. The van der Waals surface area contributed by atoms with Gasteiger partial charge in [-0.3, -0.25) is 0 Å². The van der Waals surface area contributed by atoms with Crippen LogP contribution in [-0.2, 0) is 10.0 Å². The molecule has 1 aliphatic carbocycles. The zero-order valence-corrected chi connectivity index (χ0v) is 12.0. The first-order valence-corrected chi connectivity index (χ1v) is 8.78. The van der Waals surface area contributed by atoms with Gasteiger partial charge in [-0.25, -0.2) is 13.1 Å². The van der Waals surface area contributed by atoms with Crippen molar-refractivity contribution in [2.24, 2.45) is 0 Å². The Hall–Kier alpha value is 0.640. The summed E-state index contributed by atoms with van der Waals surface area (Å²) in [5.74, 6) is 0. The van der Waals surface area contributed by atoms with Gasteiger partial charge in [0.1, 0.15) is 0 Å². The summed E-state index contributed by atoms with van der Waals surface area (Å²) in [7, 11) is -3.00. The second kappa shape index (κ2) is 7.06. The van der Waals surface area contributed by atoms with Crippen LogP contribution in [0.1, 0.15) is 44.9 Å². The van der Waals surface area contributed by atoms with Crippen molar-refractivity contribution in [1.82, 2.24) is 4.72 Å². The largest absolute Gasteiger partial charge is 0.215 e. The van der Waals surface area contributed by atoms with E-state index in [9.17, 15) is 8.42 Å². The minimum absolute atomic E-state index is 0.109. The van der Waals surface area contributed by atoms with Crippen LogP contribution >= 0.6 is 22.6 Å². The van der Waals surface area contributed by atoms with E-state index in [1.54, 1.807) is 0 Å². The van der Waals surface area contributed by atoms with E-state index < -0.39 is 10.0 Å². The fourth-order valence-electron chi connectivity index (χ4n) is 1.93. The molecule has 5 heteroatoms. The first-order chi connectivity index (χ1) is 7.17. The number of alkyl halides is 1. The molecule has 0 amide bonds. The van der Waals surface area contributed by atoms with Gasteiger partial charge in [0, 0.05) is 6.54 Å². The molecule has 1 fully saturated rings. The predicted octanol–water partition coefficient (Wildman–Crippen LogP) is 2.45. The molecule has 0 heterocycles. The number of nitrogens with one attached hydrogen (secondary N) is 1. The molecule has 0 saturated heterocycles. The molecule has 0 atom stereocenters. The van der Waals surface area contributed by atoms with Crippen LogP contribution in [0.2, 0.25) is 0 Å². The Morgan fingerprint density at radius 1 is 1.13 bits per heavy atom. The van der Waals surface area contributed by atoms with Crippen molar-refractivity contribution >= 4 is 32.6 Å². The van der Waals surface area contributed by atoms with E-state index in [0.717, 1.165) is 43.0 Å². The average Bonchev–Trinajstić information content (AvgIpc) is 2.70. The lowest BCUT2D eigenvalue weighted by molar-refractivity contribution is 0.560. The SMILES string of the molecule is O=S(=O)(NCCCCCI)C1CCCC1. The number of halogens is 1. The summed E-state index contributed by atoms with van der Waals surface area (Å²) >= 11 is 2.35. The van der Waals surface area contributed by atoms with Gasteiger partial charge >= 0.3 is 0 Å². The third-order valence-electron chi connectivity index (χ3n) is 2.85. The zero-order valence-electron chi connectivity index (χ0n) is 9.04. The fraction of sp³-hybridized carbons (Fsp3) is 1.00. The van der Waals surface area contributed by atoms with E-state index in [0.29, 0.717) is 6.54 Å². The summed E-state index contributed by atoms with van der Waals surface area (Å²) < 4.78 is 27.4. The molecule has 0 unspecified atom stereocenters. The Labute approximate surface area is 107 Å². The van der Waals surface area contributed by atoms with Crippen LogP contribution in [0.4, 0.5) is 0 Å². The zero-order chi connectivity index (χ0) is 11.1. The van der Waals surface area contributed by atoms with E-state index in [1.165, 1.54) is 6.42 Å². The molecule has 90 valence electrons. The van der Waals surface area contributed by atoms with E-state index >= 15 is 0 Å². The maximum atomic E-state index is 11.8. The Morgan fingerprint density at radius 3 is 2.40 bits per heavy atom. The van der Waals surface area contributed by atoms with Crippen molar-refractivity contribution in [2.75, 3.05) is 11.0 Å². The van der Waals surface area contributed by atoms with Crippen molar-refractivity contribution < 1.29 is 8.42 Å². The van der Waals surface area contributed by atoms with Crippen LogP contribution in [0.3, 0.4) is 0 Å². The van der Waals surface area contributed by atoms with Gasteiger partial charge in [0.2, 0.25) is 10.0 Å². The van der Waals surface area contributed by atoms with Crippen LogP contribution in [0, 0.1) is 0 Å². The standard InChI is InChI=1S/C10H20INO2S/c11-8-4-1-5-9-12-15(13,14)10-6-2-3-7-10/h10,12H,1-9H2. The summed E-state index contributed by atoms with van der Waals surface area (Å²) in [5.41, 5.74) is 0. The monoisotopic (exact) mass is 345 g/mol.